The number of nitrogens with two attached hydrogens (primary N) is 1. The first kappa shape index (κ1) is 10.4. The van der Waals surface area contributed by atoms with Gasteiger partial charge in [0.1, 0.15) is 0 Å². The highest BCUT2D eigenvalue weighted by Crippen LogP contribution is 2.49. The highest BCUT2D eigenvalue weighted by atomic mass is 15.2. The molecular formula is C12H24N2. The summed E-state index contributed by atoms with van der Waals surface area (Å²) >= 11 is 0. The molecule has 0 aromatic carbocycles. The molecule has 0 amide bonds. The predicted octanol–water partition coefficient (Wildman–Crippen LogP) is 1.70. The number of hydrogen-bond acceptors (Lipinski definition) is 2. The zero-order valence-corrected chi connectivity index (χ0v) is 9.63. The van der Waals surface area contributed by atoms with Crippen LogP contribution in [0.3, 0.4) is 0 Å². The second-order valence-electron chi connectivity index (χ2n) is 5.69. The maximum atomic E-state index is 5.66. The van der Waals surface area contributed by atoms with Gasteiger partial charge in [-0.15, -0.1) is 0 Å². The smallest absolute Gasteiger partial charge is 0.00387 e. The molecule has 0 bridgehead atoms. The Balaban J connectivity index is 1.81. The van der Waals surface area contributed by atoms with Gasteiger partial charge >= 0.3 is 0 Å². The average Bonchev–Trinajstić information content (AvgIpc) is 2.77. The van der Waals surface area contributed by atoms with E-state index in [1.807, 2.05) is 0 Å². The molecule has 14 heavy (non-hydrogen) atoms. The van der Waals surface area contributed by atoms with E-state index in [1.54, 1.807) is 0 Å². The molecule has 1 saturated carbocycles. The monoisotopic (exact) mass is 196 g/mol. The number of nitrogens with zero attached hydrogens (tertiary/aromatic N) is 1. The SMILES string of the molecule is CC1CN(CC2(CCN)CC2)CC1C. The predicted molar refractivity (Wildman–Crippen MR) is 60.1 cm³/mol. The first-order chi connectivity index (χ1) is 6.65. The van der Waals surface area contributed by atoms with Crippen LogP contribution >= 0.6 is 0 Å². The van der Waals surface area contributed by atoms with Crippen molar-refractivity contribution in [2.45, 2.75) is 33.1 Å². The molecule has 2 N–H and O–H groups in total. The second kappa shape index (κ2) is 3.82. The molecule has 0 radical (unpaired) electrons. The highest BCUT2D eigenvalue weighted by molar-refractivity contribution is 4.97. The molecule has 2 unspecified atom stereocenters. The van der Waals surface area contributed by atoms with Crippen molar-refractivity contribution in [1.29, 1.82) is 0 Å². The summed E-state index contributed by atoms with van der Waals surface area (Å²) in [6.45, 7) is 9.58. The third-order valence-corrected chi connectivity index (χ3v) is 4.25. The van der Waals surface area contributed by atoms with Crippen molar-refractivity contribution < 1.29 is 0 Å². The van der Waals surface area contributed by atoms with E-state index in [0.29, 0.717) is 5.41 Å². The van der Waals surface area contributed by atoms with Gasteiger partial charge in [0.25, 0.3) is 0 Å². The van der Waals surface area contributed by atoms with Gasteiger partial charge in [-0.2, -0.15) is 0 Å². The molecule has 82 valence electrons. The maximum absolute atomic E-state index is 5.66. The lowest BCUT2D eigenvalue weighted by molar-refractivity contribution is 0.246. The molecule has 2 heteroatoms. The topological polar surface area (TPSA) is 29.3 Å². The minimum atomic E-state index is 0.637. The van der Waals surface area contributed by atoms with Gasteiger partial charge in [0.2, 0.25) is 0 Å². The third kappa shape index (κ3) is 2.12. The summed E-state index contributed by atoms with van der Waals surface area (Å²) < 4.78 is 0. The lowest BCUT2D eigenvalue weighted by Gasteiger charge is -2.22. The molecule has 0 aromatic rings. The first-order valence-corrected chi connectivity index (χ1v) is 6.08. The van der Waals surface area contributed by atoms with Gasteiger partial charge in [-0.3, -0.25) is 0 Å². The Bertz CT molecular complexity index is 188. The molecule has 0 spiro atoms. The molecule has 2 aliphatic rings. The van der Waals surface area contributed by atoms with Crippen molar-refractivity contribution in [3.63, 3.8) is 0 Å². The van der Waals surface area contributed by atoms with Crippen molar-refractivity contribution in [2.75, 3.05) is 26.2 Å². The molecule has 1 heterocycles. The fourth-order valence-corrected chi connectivity index (χ4v) is 2.82. The van der Waals surface area contributed by atoms with Crippen molar-refractivity contribution >= 4 is 0 Å². The zero-order chi connectivity index (χ0) is 10.2. The molecule has 2 atom stereocenters. The lowest BCUT2D eigenvalue weighted by atomic mass is 10.0. The van der Waals surface area contributed by atoms with Crippen LogP contribution in [0.25, 0.3) is 0 Å². The van der Waals surface area contributed by atoms with Gasteiger partial charge in [-0.05, 0) is 43.1 Å². The number of hydrogen-bond donors (Lipinski definition) is 1. The van der Waals surface area contributed by atoms with Gasteiger partial charge in [0.15, 0.2) is 0 Å². The highest BCUT2D eigenvalue weighted by Gasteiger charge is 2.44. The Morgan fingerprint density at radius 1 is 1.21 bits per heavy atom. The van der Waals surface area contributed by atoms with Crippen molar-refractivity contribution in [3.05, 3.63) is 0 Å². The molecule has 1 aliphatic heterocycles. The van der Waals surface area contributed by atoms with Crippen LogP contribution in [-0.4, -0.2) is 31.1 Å². The van der Waals surface area contributed by atoms with E-state index in [0.717, 1.165) is 18.4 Å². The van der Waals surface area contributed by atoms with Crippen LogP contribution in [0.2, 0.25) is 0 Å². The first-order valence-electron chi connectivity index (χ1n) is 6.08. The minimum absolute atomic E-state index is 0.637. The summed E-state index contributed by atoms with van der Waals surface area (Å²) in [6.07, 6.45) is 4.08. The zero-order valence-electron chi connectivity index (χ0n) is 9.63. The summed E-state index contributed by atoms with van der Waals surface area (Å²) in [7, 11) is 0. The van der Waals surface area contributed by atoms with Crippen LogP contribution < -0.4 is 5.73 Å². The molecule has 0 aromatic heterocycles. The standard InChI is InChI=1S/C12H24N2/c1-10-7-14(8-11(10)2)9-12(3-4-12)5-6-13/h10-11H,3-9,13H2,1-2H3. The van der Waals surface area contributed by atoms with Crippen LogP contribution in [0, 0.1) is 17.3 Å². The van der Waals surface area contributed by atoms with Crippen molar-refractivity contribution in [2.24, 2.45) is 23.0 Å². The largest absolute Gasteiger partial charge is 0.330 e. The Morgan fingerprint density at radius 3 is 2.21 bits per heavy atom. The maximum Gasteiger partial charge on any atom is 0.00387 e. The second-order valence-corrected chi connectivity index (χ2v) is 5.69. The van der Waals surface area contributed by atoms with Gasteiger partial charge < -0.3 is 10.6 Å². The van der Waals surface area contributed by atoms with Crippen molar-refractivity contribution in [1.82, 2.24) is 4.90 Å². The number of likely N-dealkylation sites (tertiary alicyclic amines) is 1. The summed E-state index contributed by atoms with van der Waals surface area (Å²) in [5.74, 6) is 1.78. The molecule has 2 fully saturated rings. The van der Waals surface area contributed by atoms with E-state index in [2.05, 4.69) is 18.7 Å². The summed E-state index contributed by atoms with van der Waals surface area (Å²) in [6, 6.07) is 0. The van der Waals surface area contributed by atoms with Crippen LogP contribution in [-0.2, 0) is 0 Å². The molecule has 2 rings (SSSR count). The van der Waals surface area contributed by atoms with Gasteiger partial charge in [-0.25, -0.2) is 0 Å². The Labute approximate surface area is 87.8 Å². The summed E-state index contributed by atoms with van der Waals surface area (Å²) in [5, 5.41) is 0. The molecular weight excluding hydrogens is 172 g/mol. The lowest BCUT2D eigenvalue weighted by Crippen LogP contribution is -2.30. The molecule has 1 saturated heterocycles. The van der Waals surface area contributed by atoms with E-state index in [9.17, 15) is 0 Å². The van der Waals surface area contributed by atoms with Crippen LogP contribution in [0.1, 0.15) is 33.1 Å². The number of rotatable bonds is 4. The van der Waals surface area contributed by atoms with Crippen molar-refractivity contribution in [3.8, 4) is 0 Å². The fraction of sp³-hybridized carbons (Fsp3) is 1.00. The normalized spacial score (nSPS) is 36.2. The summed E-state index contributed by atoms with van der Waals surface area (Å²) in [4.78, 5) is 2.66. The van der Waals surface area contributed by atoms with E-state index in [1.165, 1.54) is 38.9 Å². The van der Waals surface area contributed by atoms with Crippen LogP contribution in [0.15, 0.2) is 0 Å². The van der Waals surface area contributed by atoms with Crippen LogP contribution in [0.5, 0.6) is 0 Å². The fourth-order valence-electron chi connectivity index (χ4n) is 2.82. The third-order valence-electron chi connectivity index (χ3n) is 4.25. The van der Waals surface area contributed by atoms with E-state index >= 15 is 0 Å². The van der Waals surface area contributed by atoms with E-state index in [4.69, 9.17) is 5.73 Å². The van der Waals surface area contributed by atoms with E-state index in [-0.39, 0.29) is 0 Å². The van der Waals surface area contributed by atoms with Gasteiger partial charge in [0, 0.05) is 19.6 Å². The average molecular weight is 196 g/mol. The Kier molecular flexibility index (Phi) is 2.85. The van der Waals surface area contributed by atoms with Gasteiger partial charge in [-0.1, -0.05) is 13.8 Å². The molecule has 1 aliphatic carbocycles. The molecule has 2 nitrogen and oxygen atoms in total. The quantitative estimate of drug-likeness (QED) is 0.741. The van der Waals surface area contributed by atoms with E-state index < -0.39 is 0 Å². The van der Waals surface area contributed by atoms with Gasteiger partial charge in [0.05, 0.1) is 0 Å². The van der Waals surface area contributed by atoms with Crippen LogP contribution in [0.4, 0.5) is 0 Å². The summed E-state index contributed by atoms with van der Waals surface area (Å²) in [5.41, 5.74) is 6.30. The Hall–Kier alpha value is -0.0800. The minimum Gasteiger partial charge on any atom is -0.330 e. The Morgan fingerprint density at radius 2 is 1.79 bits per heavy atom.